The molecule has 1 aromatic heterocycles. The minimum atomic E-state index is -4.44. The largest absolute Gasteiger partial charge is 0.416 e. The monoisotopic (exact) mass is 422 g/mol. The van der Waals surface area contributed by atoms with Gasteiger partial charge >= 0.3 is 6.18 Å². The summed E-state index contributed by atoms with van der Waals surface area (Å²) in [6.45, 7) is 7.73. The van der Waals surface area contributed by atoms with Crippen LogP contribution in [0.15, 0.2) is 30.5 Å². The van der Waals surface area contributed by atoms with Crippen molar-refractivity contribution in [1.29, 1.82) is 0 Å². The first kappa shape index (κ1) is 21.9. The van der Waals surface area contributed by atoms with Gasteiger partial charge in [-0.3, -0.25) is 9.59 Å². The second-order valence-corrected chi connectivity index (χ2v) is 7.92. The molecule has 9 heteroatoms. The van der Waals surface area contributed by atoms with Crippen LogP contribution in [0.2, 0.25) is 0 Å². The van der Waals surface area contributed by atoms with E-state index in [4.69, 9.17) is 0 Å². The summed E-state index contributed by atoms with van der Waals surface area (Å²) in [5.41, 5.74) is 0.874. The van der Waals surface area contributed by atoms with E-state index in [1.54, 1.807) is 31.0 Å². The van der Waals surface area contributed by atoms with Crippen molar-refractivity contribution in [2.24, 2.45) is 5.92 Å². The maximum absolute atomic E-state index is 13.0. The van der Waals surface area contributed by atoms with Gasteiger partial charge < -0.3 is 10.2 Å². The Kier molecular flexibility index (Phi) is 5.92. The minimum absolute atomic E-state index is 0.0358. The van der Waals surface area contributed by atoms with Crippen LogP contribution in [0, 0.1) is 12.8 Å². The fraction of sp³-hybridized carbons (Fsp3) is 0.476. The summed E-state index contributed by atoms with van der Waals surface area (Å²) >= 11 is 0. The SMILES string of the molecule is Cc1c([C@@H](C)NC(=O)[C@@H]2CC(=O)N(C(C)C)C2)cnn1-c1cccc(C(F)(F)F)c1. The highest BCUT2D eigenvalue weighted by molar-refractivity contribution is 5.89. The summed E-state index contributed by atoms with van der Waals surface area (Å²) in [5.74, 6) is -0.669. The molecule has 2 aromatic rings. The zero-order chi connectivity index (χ0) is 22.2. The van der Waals surface area contributed by atoms with Crippen molar-refractivity contribution >= 4 is 11.8 Å². The van der Waals surface area contributed by atoms with Gasteiger partial charge in [-0.15, -0.1) is 0 Å². The second-order valence-electron chi connectivity index (χ2n) is 7.92. The summed E-state index contributed by atoms with van der Waals surface area (Å²) in [6, 6.07) is 4.57. The van der Waals surface area contributed by atoms with Crippen molar-refractivity contribution in [1.82, 2.24) is 20.0 Å². The molecule has 0 spiro atoms. The van der Waals surface area contributed by atoms with E-state index in [0.29, 0.717) is 23.5 Å². The van der Waals surface area contributed by atoms with Gasteiger partial charge in [-0.05, 0) is 45.9 Å². The van der Waals surface area contributed by atoms with E-state index < -0.39 is 23.7 Å². The lowest BCUT2D eigenvalue weighted by Gasteiger charge is -2.21. The Labute approximate surface area is 173 Å². The van der Waals surface area contributed by atoms with Crippen molar-refractivity contribution in [3.8, 4) is 5.69 Å². The fourth-order valence-electron chi connectivity index (χ4n) is 3.74. The molecule has 30 heavy (non-hydrogen) atoms. The highest BCUT2D eigenvalue weighted by Gasteiger charge is 2.36. The van der Waals surface area contributed by atoms with Crippen LogP contribution < -0.4 is 5.32 Å². The Hall–Kier alpha value is -2.84. The van der Waals surface area contributed by atoms with Gasteiger partial charge in [-0.2, -0.15) is 18.3 Å². The van der Waals surface area contributed by atoms with Gasteiger partial charge in [-0.1, -0.05) is 6.07 Å². The lowest BCUT2D eigenvalue weighted by molar-refractivity contribution is -0.137. The molecular formula is C21H25F3N4O2. The number of nitrogens with zero attached hydrogens (tertiary/aromatic N) is 3. The third-order valence-corrected chi connectivity index (χ3v) is 5.44. The van der Waals surface area contributed by atoms with Gasteiger partial charge in [0.25, 0.3) is 0 Å². The van der Waals surface area contributed by atoms with Gasteiger partial charge in [0.1, 0.15) is 0 Å². The number of carbonyl (C=O) groups excluding carboxylic acids is 2. The van der Waals surface area contributed by atoms with E-state index in [1.807, 2.05) is 13.8 Å². The lowest BCUT2D eigenvalue weighted by Crippen LogP contribution is -2.36. The zero-order valence-corrected chi connectivity index (χ0v) is 17.3. The molecule has 1 aliphatic rings. The van der Waals surface area contributed by atoms with Crippen LogP contribution in [-0.2, 0) is 15.8 Å². The summed E-state index contributed by atoms with van der Waals surface area (Å²) in [6.07, 6.45) is -2.72. The number of rotatable bonds is 5. The molecule has 162 valence electrons. The molecule has 0 bridgehead atoms. The van der Waals surface area contributed by atoms with E-state index in [9.17, 15) is 22.8 Å². The summed E-state index contributed by atoms with van der Waals surface area (Å²) < 4.78 is 40.5. The molecule has 1 fully saturated rings. The Morgan fingerprint density at radius 1 is 1.27 bits per heavy atom. The second kappa shape index (κ2) is 8.12. The lowest BCUT2D eigenvalue weighted by atomic mass is 10.1. The highest BCUT2D eigenvalue weighted by atomic mass is 19.4. The van der Waals surface area contributed by atoms with Gasteiger partial charge in [0, 0.05) is 30.3 Å². The smallest absolute Gasteiger partial charge is 0.349 e. The number of hydrogen-bond donors (Lipinski definition) is 1. The van der Waals surface area contributed by atoms with E-state index in [0.717, 1.165) is 12.1 Å². The maximum atomic E-state index is 13.0. The van der Waals surface area contributed by atoms with E-state index >= 15 is 0 Å². The Morgan fingerprint density at radius 3 is 2.57 bits per heavy atom. The average Bonchev–Trinajstić information content (AvgIpc) is 3.24. The number of carbonyl (C=O) groups is 2. The Bertz CT molecular complexity index is 952. The summed E-state index contributed by atoms with van der Waals surface area (Å²) in [4.78, 5) is 26.4. The van der Waals surface area contributed by atoms with Crippen LogP contribution in [0.25, 0.3) is 5.69 Å². The molecule has 2 amide bonds. The molecule has 0 unspecified atom stereocenters. The van der Waals surface area contributed by atoms with Gasteiger partial charge in [0.15, 0.2) is 0 Å². The van der Waals surface area contributed by atoms with E-state index in [1.165, 1.54) is 10.7 Å². The molecule has 2 heterocycles. The van der Waals surface area contributed by atoms with E-state index in [2.05, 4.69) is 10.4 Å². The van der Waals surface area contributed by atoms with Gasteiger partial charge in [0.2, 0.25) is 11.8 Å². The van der Waals surface area contributed by atoms with Gasteiger partial charge in [-0.25, -0.2) is 4.68 Å². The fourth-order valence-corrected chi connectivity index (χ4v) is 3.74. The maximum Gasteiger partial charge on any atom is 0.416 e. The number of alkyl halides is 3. The number of aromatic nitrogens is 2. The van der Waals surface area contributed by atoms with Crippen molar-refractivity contribution in [3.05, 3.63) is 47.3 Å². The summed E-state index contributed by atoms with van der Waals surface area (Å²) in [7, 11) is 0. The van der Waals surface area contributed by atoms with Crippen molar-refractivity contribution in [2.75, 3.05) is 6.54 Å². The Morgan fingerprint density at radius 2 is 1.97 bits per heavy atom. The number of likely N-dealkylation sites (tertiary alicyclic amines) is 1. The third-order valence-electron chi connectivity index (χ3n) is 5.44. The molecule has 1 aliphatic heterocycles. The van der Waals surface area contributed by atoms with E-state index in [-0.39, 0.29) is 24.3 Å². The first-order chi connectivity index (χ1) is 14.0. The molecular weight excluding hydrogens is 397 g/mol. The molecule has 0 radical (unpaired) electrons. The number of benzene rings is 1. The number of halogens is 3. The van der Waals surface area contributed by atoms with Crippen LogP contribution in [0.5, 0.6) is 0 Å². The molecule has 1 N–H and O–H groups in total. The number of nitrogens with one attached hydrogen (secondary N) is 1. The molecule has 0 saturated carbocycles. The van der Waals surface area contributed by atoms with Crippen LogP contribution in [0.4, 0.5) is 13.2 Å². The standard InChI is InChI=1S/C21H25F3N4O2/c1-12(2)27-11-15(8-19(27)29)20(30)26-13(3)18-10-25-28(14(18)4)17-7-5-6-16(9-17)21(22,23)24/h5-7,9-10,12-13,15H,8,11H2,1-4H3,(H,26,30)/t13-,15-/m1/s1. The average molecular weight is 422 g/mol. The van der Waals surface area contributed by atoms with Crippen molar-refractivity contribution < 1.29 is 22.8 Å². The first-order valence-electron chi connectivity index (χ1n) is 9.81. The molecule has 2 atom stereocenters. The molecule has 1 saturated heterocycles. The van der Waals surface area contributed by atoms with Gasteiger partial charge in [0.05, 0.1) is 29.4 Å². The molecule has 6 nitrogen and oxygen atoms in total. The summed E-state index contributed by atoms with van der Waals surface area (Å²) in [5, 5.41) is 7.13. The van der Waals surface area contributed by atoms with Crippen LogP contribution in [0.3, 0.4) is 0 Å². The zero-order valence-electron chi connectivity index (χ0n) is 17.3. The molecule has 1 aromatic carbocycles. The van der Waals surface area contributed by atoms with Crippen LogP contribution >= 0.6 is 0 Å². The highest BCUT2D eigenvalue weighted by Crippen LogP contribution is 2.31. The number of amides is 2. The van der Waals surface area contributed by atoms with Crippen molar-refractivity contribution in [3.63, 3.8) is 0 Å². The first-order valence-corrected chi connectivity index (χ1v) is 9.81. The third kappa shape index (κ3) is 4.34. The topological polar surface area (TPSA) is 67.2 Å². The normalized spacial score (nSPS) is 18.2. The predicted molar refractivity (Wildman–Crippen MR) is 105 cm³/mol. The predicted octanol–water partition coefficient (Wildman–Crippen LogP) is 3.63. The molecule has 0 aliphatic carbocycles. The quantitative estimate of drug-likeness (QED) is 0.800. The Balaban J connectivity index is 1.75. The molecule has 3 rings (SSSR count). The minimum Gasteiger partial charge on any atom is -0.349 e. The van der Waals surface area contributed by atoms with Crippen molar-refractivity contribution in [2.45, 2.75) is 52.4 Å². The number of hydrogen-bond acceptors (Lipinski definition) is 3. The van der Waals surface area contributed by atoms with Crippen LogP contribution in [0.1, 0.15) is 50.1 Å². The van der Waals surface area contributed by atoms with Crippen LogP contribution in [-0.4, -0.2) is 39.1 Å².